The molecule has 0 radical (unpaired) electrons. The molecule has 0 fully saturated rings. The number of hydrogen-bond donors (Lipinski definition) is 0. The van der Waals surface area contributed by atoms with Crippen molar-refractivity contribution in [2.45, 2.75) is 0 Å². The second kappa shape index (κ2) is 5.63. The van der Waals surface area contributed by atoms with Gasteiger partial charge in [0, 0.05) is 0 Å². The number of carbonyl (C=O) groups excluding carboxylic acids is 2. The molecule has 90 valence electrons. The normalized spacial score (nSPS) is 9.56. The predicted molar refractivity (Wildman–Crippen MR) is 67.5 cm³/mol. The number of anilines is 1. The highest BCUT2D eigenvalue weighted by Gasteiger charge is 2.16. The van der Waals surface area contributed by atoms with Crippen molar-refractivity contribution < 1.29 is 14.3 Å². The summed E-state index contributed by atoms with van der Waals surface area (Å²) in [5, 5.41) is 0. The zero-order chi connectivity index (χ0) is 12.8. The van der Waals surface area contributed by atoms with E-state index in [4.69, 9.17) is 4.74 Å². The summed E-state index contributed by atoms with van der Waals surface area (Å²) in [6.07, 6.45) is -0.303. The molecular formula is C14H11NO3. The third-order valence-electron chi connectivity index (χ3n) is 2.28. The fraction of sp³-hybridized carbons (Fsp3) is 0. The van der Waals surface area contributed by atoms with E-state index in [0.717, 1.165) is 4.90 Å². The van der Waals surface area contributed by atoms with Crippen molar-refractivity contribution in [2.75, 3.05) is 4.90 Å². The molecule has 0 heterocycles. The van der Waals surface area contributed by atoms with E-state index in [-0.39, 0.29) is 0 Å². The van der Waals surface area contributed by atoms with Gasteiger partial charge in [-0.2, -0.15) is 0 Å². The van der Waals surface area contributed by atoms with Crippen LogP contribution < -0.4 is 9.64 Å². The summed E-state index contributed by atoms with van der Waals surface area (Å²) in [4.78, 5) is 23.7. The standard InChI is InChI=1S/C14H11NO3/c16-11-15(12-7-3-1-4-8-12)14(17)18-13-9-5-2-6-10-13/h1-11H. The van der Waals surface area contributed by atoms with Crippen LogP contribution in [0.1, 0.15) is 0 Å². The van der Waals surface area contributed by atoms with E-state index in [1.807, 2.05) is 6.07 Å². The molecule has 18 heavy (non-hydrogen) atoms. The number of ether oxygens (including phenoxy) is 1. The number of carbonyl (C=O) groups is 2. The lowest BCUT2D eigenvalue weighted by molar-refractivity contribution is -0.107. The third-order valence-corrected chi connectivity index (χ3v) is 2.28. The van der Waals surface area contributed by atoms with Crippen LogP contribution in [-0.4, -0.2) is 12.5 Å². The highest BCUT2D eigenvalue weighted by atomic mass is 16.6. The molecule has 0 saturated carbocycles. The number of hydrogen-bond acceptors (Lipinski definition) is 3. The first-order valence-corrected chi connectivity index (χ1v) is 5.37. The molecule has 0 spiro atoms. The van der Waals surface area contributed by atoms with Crippen LogP contribution in [0, 0.1) is 0 Å². The van der Waals surface area contributed by atoms with Gasteiger partial charge in [-0.05, 0) is 24.3 Å². The number of benzene rings is 2. The Labute approximate surface area is 104 Å². The minimum atomic E-state index is -0.734. The van der Waals surface area contributed by atoms with Crippen LogP contribution >= 0.6 is 0 Å². The molecule has 2 aromatic carbocycles. The van der Waals surface area contributed by atoms with Crippen LogP contribution in [0.15, 0.2) is 60.7 Å². The Balaban J connectivity index is 2.14. The van der Waals surface area contributed by atoms with Crippen molar-refractivity contribution in [3.8, 4) is 5.75 Å². The van der Waals surface area contributed by atoms with Gasteiger partial charge in [0.25, 0.3) is 0 Å². The van der Waals surface area contributed by atoms with E-state index in [2.05, 4.69) is 0 Å². The summed E-state index contributed by atoms with van der Waals surface area (Å²) in [6.45, 7) is 0. The fourth-order valence-corrected chi connectivity index (χ4v) is 1.44. The monoisotopic (exact) mass is 241 g/mol. The zero-order valence-corrected chi connectivity index (χ0v) is 9.52. The summed E-state index contributed by atoms with van der Waals surface area (Å²) in [6, 6.07) is 17.2. The van der Waals surface area contributed by atoms with Gasteiger partial charge in [0.05, 0.1) is 5.69 Å². The number of rotatable bonds is 3. The van der Waals surface area contributed by atoms with Gasteiger partial charge in [0.15, 0.2) is 0 Å². The molecule has 0 saturated heterocycles. The van der Waals surface area contributed by atoms with Crippen molar-refractivity contribution in [3.05, 3.63) is 60.7 Å². The SMILES string of the molecule is O=CN(C(=O)Oc1ccccc1)c1ccccc1. The molecule has 4 nitrogen and oxygen atoms in total. The Morgan fingerprint density at radius 3 is 2.06 bits per heavy atom. The van der Waals surface area contributed by atoms with Crippen LogP contribution in [-0.2, 0) is 4.79 Å². The third kappa shape index (κ3) is 2.74. The molecule has 0 aromatic heterocycles. The Bertz CT molecular complexity index is 525. The van der Waals surface area contributed by atoms with E-state index in [1.165, 1.54) is 0 Å². The van der Waals surface area contributed by atoms with Crippen molar-refractivity contribution in [2.24, 2.45) is 0 Å². The largest absolute Gasteiger partial charge is 0.426 e. The molecular weight excluding hydrogens is 230 g/mol. The molecule has 0 unspecified atom stereocenters. The second-order valence-electron chi connectivity index (χ2n) is 3.49. The maximum atomic E-state index is 11.8. The quantitative estimate of drug-likeness (QED) is 0.776. The molecule has 2 amide bonds. The van der Waals surface area contributed by atoms with Crippen LogP contribution in [0.2, 0.25) is 0 Å². The van der Waals surface area contributed by atoms with Gasteiger partial charge in [-0.1, -0.05) is 36.4 Å². The highest BCUT2D eigenvalue weighted by Crippen LogP contribution is 2.15. The van der Waals surface area contributed by atoms with Crippen molar-refractivity contribution in [3.63, 3.8) is 0 Å². The average Bonchev–Trinajstić information content (AvgIpc) is 2.42. The molecule has 0 N–H and O–H groups in total. The van der Waals surface area contributed by atoms with Gasteiger partial charge in [-0.25, -0.2) is 9.69 Å². The first-order chi connectivity index (χ1) is 8.81. The first-order valence-electron chi connectivity index (χ1n) is 5.37. The Hall–Kier alpha value is -2.62. The van der Waals surface area contributed by atoms with Gasteiger partial charge < -0.3 is 4.74 Å². The Morgan fingerprint density at radius 2 is 1.50 bits per heavy atom. The van der Waals surface area contributed by atoms with Gasteiger partial charge >= 0.3 is 6.09 Å². The molecule has 0 aliphatic carbocycles. The van der Waals surface area contributed by atoms with Crippen LogP contribution in [0.25, 0.3) is 0 Å². The summed E-state index contributed by atoms with van der Waals surface area (Å²) < 4.78 is 5.08. The molecule has 2 aromatic rings. The number of nitrogens with zero attached hydrogens (tertiary/aromatic N) is 1. The molecule has 0 aliphatic rings. The molecule has 2 rings (SSSR count). The Morgan fingerprint density at radius 1 is 0.944 bits per heavy atom. The average molecular weight is 241 g/mol. The second-order valence-corrected chi connectivity index (χ2v) is 3.49. The minimum Gasteiger partial charge on any atom is -0.410 e. The van der Waals surface area contributed by atoms with E-state index >= 15 is 0 Å². The van der Waals surface area contributed by atoms with E-state index < -0.39 is 6.09 Å². The lowest BCUT2D eigenvalue weighted by Gasteiger charge is -2.14. The number of amides is 2. The zero-order valence-electron chi connectivity index (χ0n) is 9.52. The minimum absolute atomic E-state index is 0.394. The lowest BCUT2D eigenvalue weighted by atomic mass is 10.3. The molecule has 0 atom stereocenters. The van der Waals surface area contributed by atoms with Gasteiger partial charge in [0.1, 0.15) is 5.75 Å². The molecule has 0 aliphatic heterocycles. The number of para-hydroxylation sites is 2. The summed E-state index contributed by atoms with van der Waals surface area (Å²) >= 11 is 0. The predicted octanol–water partition coefficient (Wildman–Crippen LogP) is 2.85. The van der Waals surface area contributed by atoms with E-state index in [1.54, 1.807) is 54.6 Å². The lowest BCUT2D eigenvalue weighted by Crippen LogP contribution is -2.32. The number of imide groups is 1. The Kier molecular flexibility index (Phi) is 3.71. The van der Waals surface area contributed by atoms with E-state index in [9.17, 15) is 9.59 Å². The molecule has 4 heteroatoms. The van der Waals surface area contributed by atoms with Crippen molar-refractivity contribution in [1.29, 1.82) is 0 Å². The maximum Gasteiger partial charge on any atom is 0.426 e. The van der Waals surface area contributed by atoms with Gasteiger partial charge in [-0.3, -0.25) is 4.79 Å². The summed E-state index contributed by atoms with van der Waals surface area (Å²) in [5.74, 6) is 0.394. The first kappa shape index (κ1) is 11.9. The van der Waals surface area contributed by atoms with Crippen LogP contribution in [0.4, 0.5) is 10.5 Å². The van der Waals surface area contributed by atoms with Gasteiger partial charge in [0.2, 0.25) is 6.41 Å². The summed E-state index contributed by atoms with van der Waals surface area (Å²) in [5.41, 5.74) is 0.466. The fourth-order valence-electron chi connectivity index (χ4n) is 1.44. The van der Waals surface area contributed by atoms with Crippen LogP contribution in [0.3, 0.4) is 0 Å². The smallest absolute Gasteiger partial charge is 0.410 e. The van der Waals surface area contributed by atoms with Crippen molar-refractivity contribution >= 4 is 18.2 Å². The van der Waals surface area contributed by atoms with Crippen molar-refractivity contribution in [1.82, 2.24) is 0 Å². The van der Waals surface area contributed by atoms with Gasteiger partial charge in [-0.15, -0.1) is 0 Å². The highest BCUT2D eigenvalue weighted by molar-refractivity contribution is 6.03. The summed E-state index contributed by atoms with van der Waals surface area (Å²) in [7, 11) is 0. The maximum absolute atomic E-state index is 11.8. The molecule has 0 bridgehead atoms. The van der Waals surface area contributed by atoms with Crippen LogP contribution in [0.5, 0.6) is 5.75 Å². The topological polar surface area (TPSA) is 46.6 Å². The van der Waals surface area contributed by atoms with E-state index in [0.29, 0.717) is 17.8 Å².